The zero-order valence-electron chi connectivity index (χ0n) is 11.4. The topological polar surface area (TPSA) is 17.8 Å². The lowest BCUT2D eigenvalue weighted by Gasteiger charge is -2.17. The molecule has 2 aliphatic carbocycles. The molecule has 2 aromatic rings. The molecule has 2 fully saturated rings. The van der Waals surface area contributed by atoms with Gasteiger partial charge in [0, 0.05) is 23.9 Å². The fraction of sp³-hybridized carbons (Fsp3) is 0.562. The van der Waals surface area contributed by atoms with E-state index in [2.05, 4.69) is 10.6 Å². The summed E-state index contributed by atoms with van der Waals surface area (Å²) < 4.78 is 2.40. The number of fused-ring (bicyclic) bond motifs is 1. The third-order valence-electron chi connectivity index (χ3n) is 4.92. The highest BCUT2D eigenvalue weighted by molar-refractivity contribution is 6.31. The lowest BCUT2D eigenvalue weighted by atomic mass is 10.0. The minimum atomic E-state index is 0.564. The number of hydrogen-bond acceptors (Lipinski definition) is 1. The first-order valence-corrected chi connectivity index (χ1v) is 8.34. The highest BCUT2D eigenvalue weighted by Gasteiger charge is 2.54. The summed E-state index contributed by atoms with van der Waals surface area (Å²) in [6.45, 7) is 1.11. The number of imidazole rings is 1. The van der Waals surface area contributed by atoms with Crippen LogP contribution in [0.1, 0.15) is 31.5 Å². The molecule has 0 aliphatic heterocycles. The van der Waals surface area contributed by atoms with Gasteiger partial charge in [0.25, 0.3) is 0 Å². The summed E-state index contributed by atoms with van der Waals surface area (Å²) in [7, 11) is 0. The van der Waals surface area contributed by atoms with Crippen molar-refractivity contribution in [2.24, 2.45) is 11.3 Å². The maximum absolute atomic E-state index is 6.09. The Morgan fingerprint density at radius 3 is 2.75 bits per heavy atom. The molecule has 106 valence electrons. The number of rotatable bonds is 5. The summed E-state index contributed by atoms with van der Waals surface area (Å²) in [6, 6.07) is 6.02. The molecular weight excluding hydrogens is 291 g/mol. The predicted octanol–water partition coefficient (Wildman–Crippen LogP) is 4.66. The van der Waals surface area contributed by atoms with Gasteiger partial charge >= 0.3 is 0 Å². The molecule has 0 amide bonds. The number of halogens is 2. The van der Waals surface area contributed by atoms with Crippen LogP contribution in [0.2, 0.25) is 5.02 Å². The van der Waals surface area contributed by atoms with Gasteiger partial charge in [-0.3, -0.25) is 0 Å². The highest BCUT2D eigenvalue weighted by Crippen LogP contribution is 2.62. The van der Waals surface area contributed by atoms with Crippen molar-refractivity contribution in [1.82, 2.24) is 9.55 Å². The molecule has 0 radical (unpaired) electrons. The maximum Gasteiger partial charge on any atom is 0.111 e. The number of nitrogens with zero attached hydrogens (tertiary/aromatic N) is 2. The Morgan fingerprint density at radius 2 is 2.10 bits per heavy atom. The average Bonchev–Trinajstić information content (AvgIpc) is 3.30. The van der Waals surface area contributed by atoms with Crippen molar-refractivity contribution < 1.29 is 0 Å². The van der Waals surface area contributed by atoms with Crippen molar-refractivity contribution in [3.05, 3.63) is 29.0 Å². The second-order valence-corrected chi connectivity index (χ2v) is 7.14. The van der Waals surface area contributed by atoms with E-state index in [1.54, 1.807) is 0 Å². The molecule has 0 N–H and O–H groups in total. The van der Waals surface area contributed by atoms with E-state index < -0.39 is 0 Å². The molecule has 0 unspecified atom stereocenters. The molecule has 1 aromatic heterocycles. The molecule has 2 aliphatic rings. The summed E-state index contributed by atoms with van der Waals surface area (Å²) in [6.07, 6.45) is 6.43. The van der Waals surface area contributed by atoms with Gasteiger partial charge in [-0.15, -0.1) is 11.6 Å². The van der Waals surface area contributed by atoms with E-state index in [1.165, 1.54) is 31.2 Å². The summed E-state index contributed by atoms with van der Waals surface area (Å²) in [5.74, 6) is 2.69. The smallest absolute Gasteiger partial charge is 0.111 e. The van der Waals surface area contributed by atoms with E-state index in [1.807, 2.05) is 12.1 Å². The number of benzene rings is 1. The fourth-order valence-corrected chi connectivity index (χ4v) is 3.81. The van der Waals surface area contributed by atoms with Crippen LogP contribution in [-0.2, 0) is 13.0 Å². The average molecular weight is 309 g/mol. The van der Waals surface area contributed by atoms with Crippen LogP contribution in [0.25, 0.3) is 11.0 Å². The molecule has 4 rings (SSSR count). The van der Waals surface area contributed by atoms with E-state index in [-0.39, 0.29) is 0 Å². The van der Waals surface area contributed by atoms with Crippen LogP contribution in [0.4, 0.5) is 0 Å². The molecule has 0 atom stereocenters. The summed E-state index contributed by atoms with van der Waals surface area (Å²) in [5.41, 5.74) is 2.78. The molecule has 1 heterocycles. The normalized spacial score (nSPS) is 20.5. The van der Waals surface area contributed by atoms with Gasteiger partial charge in [-0.2, -0.15) is 0 Å². The summed E-state index contributed by atoms with van der Waals surface area (Å²) in [5, 5.41) is 0.753. The van der Waals surface area contributed by atoms with E-state index in [0.29, 0.717) is 11.3 Å². The van der Waals surface area contributed by atoms with Crippen molar-refractivity contribution >= 4 is 34.2 Å². The van der Waals surface area contributed by atoms with Gasteiger partial charge in [-0.1, -0.05) is 11.6 Å². The van der Waals surface area contributed by atoms with E-state index >= 15 is 0 Å². The van der Waals surface area contributed by atoms with Gasteiger partial charge in [0.15, 0.2) is 0 Å². The first kappa shape index (κ1) is 13.0. The zero-order chi connectivity index (χ0) is 13.7. The van der Waals surface area contributed by atoms with Crippen molar-refractivity contribution in [3.63, 3.8) is 0 Å². The molecule has 0 bridgehead atoms. The van der Waals surface area contributed by atoms with Crippen LogP contribution in [0.3, 0.4) is 0 Å². The van der Waals surface area contributed by atoms with Crippen molar-refractivity contribution in [2.45, 2.75) is 38.6 Å². The minimum Gasteiger partial charge on any atom is -0.327 e. The first-order chi connectivity index (χ1) is 9.72. The number of aromatic nitrogens is 2. The Labute approximate surface area is 129 Å². The van der Waals surface area contributed by atoms with Gasteiger partial charge < -0.3 is 4.57 Å². The summed E-state index contributed by atoms with van der Waals surface area (Å²) >= 11 is 12.0. The molecule has 20 heavy (non-hydrogen) atoms. The Balaban J connectivity index is 1.76. The molecule has 0 spiro atoms. The Bertz CT molecular complexity index is 654. The molecule has 2 nitrogen and oxygen atoms in total. The minimum absolute atomic E-state index is 0.564. The second-order valence-electron chi connectivity index (χ2n) is 6.32. The van der Waals surface area contributed by atoms with E-state index in [9.17, 15) is 0 Å². The monoisotopic (exact) mass is 308 g/mol. The molecule has 4 heteroatoms. The van der Waals surface area contributed by atoms with E-state index in [4.69, 9.17) is 28.2 Å². The third kappa shape index (κ3) is 2.14. The number of hydrogen-bond donors (Lipinski definition) is 0. The Hall–Kier alpha value is -0.730. The quantitative estimate of drug-likeness (QED) is 0.734. The molecule has 1 aromatic carbocycles. The molecule has 0 saturated heterocycles. The van der Waals surface area contributed by atoms with Crippen molar-refractivity contribution in [3.8, 4) is 0 Å². The fourth-order valence-electron chi connectivity index (χ4n) is 3.47. The summed E-state index contributed by atoms with van der Waals surface area (Å²) in [4.78, 5) is 4.75. The SMILES string of the molecule is ClCCc1nc2cc(Cl)ccc2n1CC1(C2CC2)CC1. The van der Waals surface area contributed by atoms with Gasteiger partial charge in [0.05, 0.1) is 11.0 Å². The predicted molar refractivity (Wildman–Crippen MR) is 83.6 cm³/mol. The lowest BCUT2D eigenvalue weighted by Crippen LogP contribution is -2.16. The first-order valence-electron chi connectivity index (χ1n) is 7.42. The zero-order valence-corrected chi connectivity index (χ0v) is 12.9. The maximum atomic E-state index is 6.09. The molecular formula is C16H18Cl2N2. The second kappa shape index (κ2) is 4.64. The van der Waals surface area contributed by atoms with Crippen molar-refractivity contribution in [2.75, 3.05) is 5.88 Å². The number of aryl methyl sites for hydroxylation is 1. The van der Waals surface area contributed by atoms with Gasteiger partial charge in [0.1, 0.15) is 5.82 Å². The Kier molecular flexibility index (Phi) is 3.01. The van der Waals surface area contributed by atoms with Gasteiger partial charge in [-0.25, -0.2) is 4.98 Å². The lowest BCUT2D eigenvalue weighted by molar-refractivity contribution is 0.369. The van der Waals surface area contributed by atoms with Crippen LogP contribution in [0.5, 0.6) is 0 Å². The number of alkyl halides is 1. The van der Waals surface area contributed by atoms with Crippen LogP contribution in [0, 0.1) is 11.3 Å². The standard InChI is InChI=1S/C16H18Cl2N2/c17-8-5-15-19-13-9-12(18)3-4-14(13)20(15)10-16(6-7-16)11-1-2-11/h3-4,9,11H,1-2,5-8,10H2. The molecule has 2 saturated carbocycles. The van der Waals surface area contributed by atoms with Crippen LogP contribution < -0.4 is 0 Å². The van der Waals surface area contributed by atoms with E-state index in [0.717, 1.165) is 35.2 Å². The van der Waals surface area contributed by atoms with Crippen molar-refractivity contribution in [1.29, 1.82) is 0 Å². The Morgan fingerprint density at radius 1 is 1.30 bits per heavy atom. The van der Waals surface area contributed by atoms with Crippen LogP contribution >= 0.6 is 23.2 Å². The van der Waals surface area contributed by atoms with Gasteiger partial charge in [-0.05, 0) is 55.2 Å². The third-order valence-corrected chi connectivity index (χ3v) is 5.34. The van der Waals surface area contributed by atoms with Gasteiger partial charge in [0.2, 0.25) is 0 Å². The largest absolute Gasteiger partial charge is 0.327 e. The highest BCUT2D eigenvalue weighted by atomic mass is 35.5. The van der Waals surface area contributed by atoms with Crippen LogP contribution in [0.15, 0.2) is 18.2 Å². The van der Waals surface area contributed by atoms with Crippen LogP contribution in [-0.4, -0.2) is 15.4 Å².